The number of hydrogen-bond donors (Lipinski definition) is 2. The van der Waals surface area contributed by atoms with Crippen molar-refractivity contribution in [1.29, 1.82) is 0 Å². The summed E-state index contributed by atoms with van der Waals surface area (Å²) in [4.78, 5) is 12.3. The fourth-order valence-corrected chi connectivity index (χ4v) is 2.94. The number of amides is 1. The van der Waals surface area contributed by atoms with Gasteiger partial charge in [0.15, 0.2) is 0 Å². The summed E-state index contributed by atoms with van der Waals surface area (Å²) in [5.74, 6) is 0.0843. The molecule has 0 radical (unpaired) electrons. The van der Waals surface area contributed by atoms with Crippen molar-refractivity contribution in [2.24, 2.45) is 5.92 Å². The normalized spacial score (nSPS) is 34.6. The van der Waals surface area contributed by atoms with Crippen LogP contribution in [-0.2, 0) is 14.3 Å². The molecule has 1 aliphatic carbocycles. The highest BCUT2D eigenvalue weighted by atomic mass is 16.5. The molecule has 2 N–H and O–H groups in total. The highest BCUT2D eigenvalue weighted by Crippen LogP contribution is 2.22. The minimum absolute atomic E-state index is 0.0480. The average Bonchev–Trinajstić information content (AvgIpc) is 3.04. The highest BCUT2D eigenvalue weighted by molar-refractivity contribution is 5.80. The van der Waals surface area contributed by atoms with Crippen LogP contribution in [0.1, 0.15) is 32.6 Å². The van der Waals surface area contributed by atoms with Gasteiger partial charge in [-0.15, -0.1) is 0 Å². The second-order valence-corrected chi connectivity index (χ2v) is 5.58. The van der Waals surface area contributed by atoms with Gasteiger partial charge >= 0.3 is 0 Å². The van der Waals surface area contributed by atoms with Gasteiger partial charge in [0.1, 0.15) is 0 Å². The van der Waals surface area contributed by atoms with Crippen LogP contribution >= 0.6 is 0 Å². The summed E-state index contributed by atoms with van der Waals surface area (Å²) >= 11 is 0. The van der Waals surface area contributed by atoms with Crippen LogP contribution in [0.3, 0.4) is 0 Å². The zero-order valence-corrected chi connectivity index (χ0v) is 12.0. The molecule has 0 spiro atoms. The first-order chi connectivity index (χ1) is 9.24. The molecule has 5 heteroatoms. The van der Waals surface area contributed by atoms with Crippen LogP contribution in [0.25, 0.3) is 0 Å². The fraction of sp³-hybridized carbons (Fsp3) is 0.929. The Bertz CT molecular complexity index is 298. The molecule has 2 fully saturated rings. The summed E-state index contributed by atoms with van der Waals surface area (Å²) < 4.78 is 10.8. The third-order valence-electron chi connectivity index (χ3n) is 4.14. The van der Waals surface area contributed by atoms with Crippen LogP contribution in [0, 0.1) is 5.92 Å². The van der Waals surface area contributed by atoms with E-state index in [-0.39, 0.29) is 23.9 Å². The van der Waals surface area contributed by atoms with Crippen molar-refractivity contribution in [1.82, 2.24) is 10.6 Å². The number of carbonyl (C=O) groups excluding carboxylic acids is 1. The molecule has 0 aromatic rings. The second-order valence-electron chi connectivity index (χ2n) is 5.58. The molecule has 1 amide bonds. The first-order valence-electron chi connectivity index (χ1n) is 7.38. The zero-order valence-electron chi connectivity index (χ0n) is 12.0. The maximum atomic E-state index is 12.3. The molecule has 5 nitrogen and oxygen atoms in total. The highest BCUT2D eigenvalue weighted by Gasteiger charge is 2.35. The molecule has 0 bridgehead atoms. The van der Waals surface area contributed by atoms with Gasteiger partial charge < -0.3 is 20.1 Å². The fourth-order valence-electron chi connectivity index (χ4n) is 2.94. The minimum Gasteiger partial charge on any atom is -0.381 e. The Morgan fingerprint density at radius 3 is 2.89 bits per heavy atom. The minimum atomic E-state index is -0.0480. The molecule has 0 aromatic heterocycles. The Morgan fingerprint density at radius 1 is 1.37 bits per heavy atom. The van der Waals surface area contributed by atoms with E-state index in [0.29, 0.717) is 19.3 Å². The molecule has 1 saturated heterocycles. The summed E-state index contributed by atoms with van der Waals surface area (Å²) in [6.45, 7) is 4.24. The van der Waals surface area contributed by atoms with Gasteiger partial charge in [-0.05, 0) is 32.2 Å². The molecule has 19 heavy (non-hydrogen) atoms. The van der Waals surface area contributed by atoms with Crippen LogP contribution in [0.2, 0.25) is 0 Å². The monoisotopic (exact) mass is 270 g/mol. The first kappa shape index (κ1) is 14.8. The van der Waals surface area contributed by atoms with Crippen molar-refractivity contribution in [3.8, 4) is 0 Å². The lowest BCUT2D eigenvalue weighted by Crippen LogP contribution is -2.46. The predicted molar refractivity (Wildman–Crippen MR) is 73.0 cm³/mol. The Morgan fingerprint density at radius 2 is 2.21 bits per heavy atom. The van der Waals surface area contributed by atoms with E-state index in [9.17, 15) is 4.79 Å². The number of nitrogens with one attached hydrogen (secondary N) is 2. The molecule has 1 saturated carbocycles. The standard InChI is InChI=1S/C14H26N2O3/c1-3-6-15-13-9-19-8-12(13)14(17)16-10-4-5-11(7-10)18-2/h10-13,15H,3-9H2,1-2H3,(H,16,17). The largest absolute Gasteiger partial charge is 0.381 e. The van der Waals surface area contributed by atoms with Crippen LogP contribution in [0.5, 0.6) is 0 Å². The van der Waals surface area contributed by atoms with Gasteiger partial charge in [0, 0.05) is 19.2 Å². The van der Waals surface area contributed by atoms with E-state index < -0.39 is 0 Å². The van der Waals surface area contributed by atoms with Crippen molar-refractivity contribution in [3.63, 3.8) is 0 Å². The number of hydrogen-bond acceptors (Lipinski definition) is 4. The van der Waals surface area contributed by atoms with Crippen molar-refractivity contribution < 1.29 is 14.3 Å². The van der Waals surface area contributed by atoms with E-state index in [2.05, 4.69) is 17.6 Å². The third-order valence-corrected chi connectivity index (χ3v) is 4.14. The van der Waals surface area contributed by atoms with Crippen molar-refractivity contribution in [2.75, 3.05) is 26.9 Å². The Hall–Kier alpha value is -0.650. The van der Waals surface area contributed by atoms with E-state index in [1.165, 1.54) is 0 Å². The Balaban J connectivity index is 1.78. The maximum Gasteiger partial charge on any atom is 0.227 e. The topological polar surface area (TPSA) is 59.6 Å². The van der Waals surface area contributed by atoms with E-state index in [1.54, 1.807) is 7.11 Å². The lowest BCUT2D eigenvalue weighted by molar-refractivity contribution is -0.126. The number of ether oxygens (including phenoxy) is 2. The zero-order chi connectivity index (χ0) is 13.7. The number of methoxy groups -OCH3 is 1. The van der Waals surface area contributed by atoms with E-state index in [4.69, 9.17) is 9.47 Å². The van der Waals surface area contributed by atoms with E-state index in [0.717, 1.165) is 32.2 Å². The molecular weight excluding hydrogens is 244 g/mol. The molecular formula is C14H26N2O3. The molecule has 2 rings (SSSR count). The molecule has 1 aliphatic heterocycles. The lowest BCUT2D eigenvalue weighted by atomic mass is 10.0. The van der Waals surface area contributed by atoms with Gasteiger partial charge in [-0.3, -0.25) is 4.79 Å². The molecule has 4 unspecified atom stereocenters. The van der Waals surface area contributed by atoms with Crippen molar-refractivity contribution in [2.45, 2.75) is 50.8 Å². The quantitative estimate of drug-likeness (QED) is 0.745. The Kier molecular flexibility index (Phi) is 5.60. The van der Waals surface area contributed by atoms with Gasteiger partial charge in [-0.2, -0.15) is 0 Å². The summed E-state index contributed by atoms with van der Waals surface area (Å²) in [7, 11) is 1.74. The SMILES string of the molecule is CCCNC1COCC1C(=O)NC1CCC(OC)C1. The van der Waals surface area contributed by atoms with Gasteiger partial charge in [0.25, 0.3) is 0 Å². The molecule has 0 aromatic carbocycles. The van der Waals surface area contributed by atoms with Gasteiger partial charge in [0.05, 0.1) is 25.2 Å². The van der Waals surface area contributed by atoms with Gasteiger partial charge in [-0.25, -0.2) is 0 Å². The lowest BCUT2D eigenvalue weighted by Gasteiger charge is -2.21. The van der Waals surface area contributed by atoms with Crippen molar-refractivity contribution >= 4 is 5.91 Å². The molecule has 4 atom stereocenters. The summed E-state index contributed by atoms with van der Waals surface area (Å²) in [6.07, 6.45) is 4.37. The predicted octanol–water partition coefficient (Wildman–Crippen LogP) is 0.685. The first-order valence-corrected chi connectivity index (χ1v) is 7.38. The molecule has 1 heterocycles. The van der Waals surface area contributed by atoms with Crippen LogP contribution < -0.4 is 10.6 Å². The average molecular weight is 270 g/mol. The maximum absolute atomic E-state index is 12.3. The summed E-state index contributed by atoms with van der Waals surface area (Å²) in [6, 6.07) is 0.435. The summed E-state index contributed by atoms with van der Waals surface area (Å²) in [5, 5.41) is 6.55. The third kappa shape index (κ3) is 3.91. The van der Waals surface area contributed by atoms with Crippen LogP contribution in [0.15, 0.2) is 0 Å². The number of rotatable bonds is 6. The summed E-state index contributed by atoms with van der Waals surface area (Å²) in [5.41, 5.74) is 0. The number of carbonyl (C=O) groups is 1. The van der Waals surface area contributed by atoms with E-state index in [1.807, 2.05) is 0 Å². The Labute approximate surface area is 115 Å². The molecule has 110 valence electrons. The molecule has 2 aliphatic rings. The smallest absolute Gasteiger partial charge is 0.227 e. The van der Waals surface area contributed by atoms with Gasteiger partial charge in [-0.1, -0.05) is 6.92 Å². The van der Waals surface area contributed by atoms with Crippen LogP contribution in [0.4, 0.5) is 0 Å². The van der Waals surface area contributed by atoms with E-state index >= 15 is 0 Å². The van der Waals surface area contributed by atoms with Crippen LogP contribution in [-0.4, -0.2) is 51.0 Å². The second kappa shape index (κ2) is 7.22. The van der Waals surface area contributed by atoms with Crippen molar-refractivity contribution in [3.05, 3.63) is 0 Å². The van der Waals surface area contributed by atoms with Gasteiger partial charge in [0.2, 0.25) is 5.91 Å².